The number of pyridine rings is 1. The van der Waals surface area contributed by atoms with Gasteiger partial charge >= 0.3 is 0 Å². The Kier molecular flexibility index (Phi) is 5.32. The molecule has 0 aliphatic heterocycles. The highest BCUT2D eigenvalue weighted by Crippen LogP contribution is 2.38. The lowest BCUT2D eigenvalue weighted by molar-refractivity contribution is 0.102. The predicted molar refractivity (Wildman–Crippen MR) is 113 cm³/mol. The van der Waals surface area contributed by atoms with E-state index in [2.05, 4.69) is 41.2 Å². The Morgan fingerprint density at radius 1 is 1.24 bits per heavy atom. The highest BCUT2D eigenvalue weighted by molar-refractivity contribution is 6.03. The molecule has 3 unspecified atom stereocenters. The maximum atomic E-state index is 13.0. The van der Waals surface area contributed by atoms with Crippen LogP contribution in [0.4, 0.5) is 5.69 Å². The van der Waals surface area contributed by atoms with Gasteiger partial charge in [0.2, 0.25) is 0 Å². The standard InChI is InChI=1S/C22H28N6O/c1-13(2)18-11-25-28-7-5-19(26-21(18)28)22(29)27-20-12-24-6-4-17(20)15-8-14(3)9-16(23)10-15/h4-7,11-16H,8-10,23H2,1-3H3,(H,27,29). The molecule has 3 N–H and O–H groups in total. The van der Waals surface area contributed by atoms with E-state index in [0.29, 0.717) is 23.2 Å². The van der Waals surface area contributed by atoms with Crippen molar-refractivity contribution in [3.63, 3.8) is 0 Å². The summed E-state index contributed by atoms with van der Waals surface area (Å²) in [5, 5.41) is 7.34. The molecule has 1 aliphatic rings. The minimum Gasteiger partial charge on any atom is -0.328 e. The zero-order valence-electron chi connectivity index (χ0n) is 17.2. The van der Waals surface area contributed by atoms with E-state index in [1.165, 1.54) is 0 Å². The molecule has 3 heterocycles. The third-order valence-electron chi connectivity index (χ3n) is 5.77. The lowest BCUT2D eigenvalue weighted by Crippen LogP contribution is -2.31. The molecule has 0 saturated heterocycles. The van der Waals surface area contributed by atoms with Gasteiger partial charge in [-0.2, -0.15) is 5.10 Å². The third-order valence-corrected chi connectivity index (χ3v) is 5.77. The first-order valence-corrected chi connectivity index (χ1v) is 10.3. The molecule has 1 saturated carbocycles. The van der Waals surface area contributed by atoms with Gasteiger partial charge in [0, 0.05) is 24.0 Å². The van der Waals surface area contributed by atoms with Gasteiger partial charge in [0.1, 0.15) is 5.69 Å². The molecule has 4 rings (SSSR count). The number of amides is 1. The van der Waals surface area contributed by atoms with Gasteiger partial charge in [-0.1, -0.05) is 20.8 Å². The van der Waals surface area contributed by atoms with Gasteiger partial charge in [0.25, 0.3) is 5.91 Å². The van der Waals surface area contributed by atoms with Crippen molar-refractivity contribution >= 4 is 17.2 Å². The van der Waals surface area contributed by atoms with E-state index in [1.54, 1.807) is 35.4 Å². The van der Waals surface area contributed by atoms with Gasteiger partial charge < -0.3 is 11.1 Å². The Labute approximate surface area is 170 Å². The fraction of sp³-hybridized carbons (Fsp3) is 0.455. The first kappa shape index (κ1) is 19.5. The van der Waals surface area contributed by atoms with E-state index >= 15 is 0 Å². The zero-order chi connectivity index (χ0) is 20.5. The summed E-state index contributed by atoms with van der Waals surface area (Å²) in [4.78, 5) is 21.8. The van der Waals surface area contributed by atoms with Gasteiger partial charge in [-0.25, -0.2) is 9.50 Å². The number of nitrogens with two attached hydrogens (primary N) is 1. The number of hydrogen-bond donors (Lipinski definition) is 2. The molecular formula is C22H28N6O. The quantitative estimate of drug-likeness (QED) is 0.705. The van der Waals surface area contributed by atoms with Gasteiger partial charge in [0.15, 0.2) is 5.65 Å². The van der Waals surface area contributed by atoms with Crippen LogP contribution in [0.5, 0.6) is 0 Å². The Bertz CT molecular complexity index is 1020. The summed E-state index contributed by atoms with van der Waals surface area (Å²) in [5.74, 6) is 0.928. The van der Waals surface area contributed by atoms with E-state index in [9.17, 15) is 4.79 Å². The van der Waals surface area contributed by atoms with Crippen molar-refractivity contribution in [1.29, 1.82) is 0 Å². The van der Waals surface area contributed by atoms with Gasteiger partial charge in [-0.3, -0.25) is 9.78 Å². The Balaban J connectivity index is 1.61. The second-order valence-electron chi connectivity index (χ2n) is 8.52. The lowest BCUT2D eigenvalue weighted by atomic mass is 9.76. The number of aromatic nitrogens is 4. The normalized spacial score (nSPS) is 22.2. The van der Waals surface area contributed by atoms with Crippen molar-refractivity contribution in [1.82, 2.24) is 19.6 Å². The highest BCUT2D eigenvalue weighted by atomic mass is 16.1. The van der Waals surface area contributed by atoms with Crippen LogP contribution in [0.1, 0.15) is 73.5 Å². The number of anilines is 1. The summed E-state index contributed by atoms with van der Waals surface area (Å²) in [6.07, 6.45) is 10.1. The first-order valence-electron chi connectivity index (χ1n) is 10.3. The van der Waals surface area contributed by atoms with Crippen LogP contribution in [0.15, 0.2) is 36.9 Å². The molecule has 3 atom stereocenters. The minimum atomic E-state index is -0.245. The lowest BCUT2D eigenvalue weighted by Gasteiger charge is -2.32. The minimum absolute atomic E-state index is 0.195. The van der Waals surface area contributed by atoms with Gasteiger partial charge in [0.05, 0.1) is 18.1 Å². The molecule has 0 bridgehead atoms. The van der Waals surface area contributed by atoms with E-state index < -0.39 is 0 Å². The Hall–Kier alpha value is -2.80. The van der Waals surface area contributed by atoms with Crippen LogP contribution < -0.4 is 11.1 Å². The van der Waals surface area contributed by atoms with Crippen LogP contribution in [0.3, 0.4) is 0 Å². The van der Waals surface area contributed by atoms with Crippen molar-refractivity contribution in [3.8, 4) is 0 Å². The molecule has 0 spiro atoms. The number of carbonyl (C=O) groups excluding carboxylic acids is 1. The van der Waals surface area contributed by atoms with Crippen molar-refractivity contribution in [2.75, 3.05) is 5.32 Å². The molecule has 7 nitrogen and oxygen atoms in total. The van der Waals surface area contributed by atoms with Crippen LogP contribution in [-0.4, -0.2) is 31.5 Å². The number of hydrogen-bond acceptors (Lipinski definition) is 5. The Morgan fingerprint density at radius 3 is 2.83 bits per heavy atom. The van der Waals surface area contributed by atoms with Crippen LogP contribution >= 0.6 is 0 Å². The number of nitrogens with zero attached hydrogens (tertiary/aromatic N) is 4. The van der Waals surface area contributed by atoms with E-state index in [1.807, 2.05) is 6.07 Å². The molecule has 152 valence electrons. The number of rotatable bonds is 4. The summed E-state index contributed by atoms with van der Waals surface area (Å²) >= 11 is 0. The average molecular weight is 393 g/mol. The summed E-state index contributed by atoms with van der Waals surface area (Å²) in [7, 11) is 0. The van der Waals surface area contributed by atoms with Crippen LogP contribution in [0.2, 0.25) is 0 Å². The maximum absolute atomic E-state index is 13.0. The molecule has 1 fully saturated rings. The van der Waals surface area contributed by atoms with E-state index in [4.69, 9.17) is 5.73 Å². The number of carbonyl (C=O) groups is 1. The van der Waals surface area contributed by atoms with Crippen molar-refractivity contribution in [2.24, 2.45) is 11.7 Å². The van der Waals surface area contributed by atoms with Crippen molar-refractivity contribution in [3.05, 3.63) is 53.7 Å². The molecule has 1 aliphatic carbocycles. The largest absolute Gasteiger partial charge is 0.328 e. The molecular weight excluding hydrogens is 364 g/mol. The van der Waals surface area contributed by atoms with Crippen LogP contribution in [-0.2, 0) is 0 Å². The summed E-state index contributed by atoms with van der Waals surface area (Å²) in [6.45, 7) is 6.41. The van der Waals surface area contributed by atoms with Crippen molar-refractivity contribution in [2.45, 2.75) is 57.9 Å². The average Bonchev–Trinajstić information content (AvgIpc) is 3.11. The highest BCUT2D eigenvalue weighted by Gasteiger charge is 2.27. The first-order chi connectivity index (χ1) is 13.9. The summed E-state index contributed by atoms with van der Waals surface area (Å²) in [6, 6.07) is 3.88. The van der Waals surface area contributed by atoms with Crippen LogP contribution in [0.25, 0.3) is 5.65 Å². The molecule has 3 aromatic rings. The van der Waals surface area contributed by atoms with Gasteiger partial charge in [-0.05, 0) is 54.7 Å². The number of nitrogens with one attached hydrogen (secondary N) is 1. The third kappa shape index (κ3) is 4.00. The molecule has 7 heteroatoms. The Morgan fingerprint density at radius 2 is 2.07 bits per heavy atom. The van der Waals surface area contributed by atoms with E-state index in [-0.39, 0.29) is 17.9 Å². The smallest absolute Gasteiger partial charge is 0.274 e. The molecule has 3 aromatic heterocycles. The SMILES string of the molecule is CC1CC(N)CC(c2ccncc2NC(=O)c2ccn3ncc(C(C)C)c3n2)C1. The second-order valence-corrected chi connectivity index (χ2v) is 8.52. The predicted octanol–water partition coefficient (Wildman–Crippen LogP) is 3.73. The molecule has 29 heavy (non-hydrogen) atoms. The zero-order valence-corrected chi connectivity index (χ0v) is 17.2. The van der Waals surface area contributed by atoms with Crippen molar-refractivity contribution < 1.29 is 4.79 Å². The number of fused-ring (bicyclic) bond motifs is 1. The van der Waals surface area contributed by atoms with Crippen LogP contribution in [0, 0.1) is 5.92 Å². The van der Waals surface area contributed by atoms with E-state index in [0.717, 1.165) is 36.1 Å². The topological polar surface area (TPSA) is 98.2 Å². The molecule has 0 aromatic carbocycles. The molecule has 1 amide bonds. The summed E-state index contributed by atoms with van der Waals surface area (Å²) < 4.78 is 1.70. The summed E-state index contributed by atoms with van der Waals surface area (Å²) in [5.41, 5.74) is 10.2. The second kappa shape index (κ2) is 7.91. The van der Waals surface area contributed by atoms with Gasteiger partial charge in [-0.15, -0.1) is 0 Å². The monoisotopic (exact) mass is 392 g/mol. The molecule has 0 radical (unpaired) electrons. The maximum Gasteiger partial charge on any atom is 0.274 e. The fourth-order valence-corrected chi connectivity index (χ4v) is 4.38. The fourth-order valence-electron chi connectivity index (χ4n) is 4.38.